The number of carbonyl (C=O) groups is 1. The van der Waals surface area contributed by atoms with Crippen molar-refractivity contribution in [3.8, 4) is 10.4 Å². The molecule has 0 spiro atoms. The van der Waals surface area contributed by atoms with E-state index in [9.17, 15) is 4.79 Å². The Morgan fingerprint density at radius 1 is 1.25 bits per heavy atom. The van der Waals surface area contributed by atoms with Crippen LogP contribution >= 0.6 is 11.3 Å². The number of rotatable bonds is 4. The average molecular weight is 230 g/mol. The molecule has 0 atom stereocenters. The normalized spacial score (nSPS) is 10.3. The minimum absolute atomic E-state index is 0.251. The molecule has 0 saturated carbocycles. The van der Waals surface area contributed by atoms with E-state index in [1.54, 1.807) is 18.3 Å². The molecule has 16 heavy (non-hydrogen) atoms. The molecule has 1 aromatic carbocycles. The van der Waals surface area contributed by atoms with Gasteiger partial charge in [-0.2, -0.15) is 0 Å². The van der Waals surface area contributed by atoms with Crippen LogP contribution in [0.1, 0.15) is 18.9 Å². The first-order valence-corrected chi connectivity index (χ1v) is 6.26. The third-order valence-corrected chi connectivity index (χ3v) is 3.42. The summed E-state index contributed by atoms with van der Waals surface area (Å²) in [5.41, 5.74) is 2.48. The van der Waals surface area contributed by atoms with E-state index in [1.165, 1.54) is 16.0 Å². The van der Waals surface area contributed by atoms with Crippen molar-refractivity contribution in [2.45, 2.75) is 19.8 Å². The molecular formula is C14H14OS. The molecule has 0 unspecified atom stereocenters. The Kier molecular flexibility index (Phi) is 3.52. The fourth-order valence-electron chi connectivity index (χ4n) is 1.64. The van der Waals surface area contributed by atoms with Gasteiger partial charge in [-0.1, -0.05) is 30.3 Å². The molecule has 0 saturated heterocycles. The zero-order chi connectivity index (χ0) is 11.4. The van der Waals surface area contributed by atoms with Crippen molar-refractivity contribution in [1.29, 1.82) is 0 Å². The van der Waals surface area contributed by atoms with Crippen LogP contribution < -0.4 is 0 Å². The van der Waals surface area contributed by atoms with Gasteiger partial charge in [-0.3, -0.25) is 0 Å². The van der Waals surface area contributed by atoms with Gasteiger partial charge in [0, 0.05) is 11.3 Å². The van der Waals surface area contributed by atoms with Crippen LogP contribution in [-0.2, 0) is 11.2 Å². The Labute approximate surface area is 99.8 Å². The second-order valence-electron chi connectivity index (χ2n) is 3.88. The van der Waals surface area contributed by atoms with Crippen molar-refractivity contribution in [2.75, 3.05) is 0 Å². The van der Waals surface area contributed by atoms with Gasteiger partial charge >= 0.3 is 0 Å². The Morgan fingerprint density at radius 2 is 2.12 bits per heavy atom. The van der Waals surface area contributed by atoms with Gasteiger partial charge in [0.1, 0.15) is 5.78 Å². The highest BCUT2D eigenvalue weighted by atomic mass is 32.1. The van der Waals surface area contributed by atoms with Crippen LogP contribution in [0.25, 0.3) is 10.4 Å². The number of thiophene rings is 1. The molecule has 0 bridgehead atoms. The third kappa shape index (κ3) is 2.80. The lowest BCUT2D eigenvalue weighted by atomic mass is 10.0. The predicted molar refractivity (Wildman–Crippen MR) is 68.8 cm³/mol. The molecule has 0 aliphatic rings. The molecule has 1 heterocycles. The third-order valence-electron chi connectivity index (χ3n) is 2.50. The van der Waals surface area contributed by atoms with Crippen molar-refractivity contribution in [1.82, 2.24) is 0 Å². The van der Waals surface area contributed by atoms with Gasteiger partial charge in [-0.05, 0) is 35.9 Å². The van der Waals surface area contributed by atoms with Crippen molar-refractivity contribution in [3.63, 3.8) is 0 Å². The first kappa shape index (κ1) is 11.1. The predicted octanol–water partition coefficient (Wildman–Crippen LogP) is 3.94. The van der Waals surface area contributed by atoms with E-state index >= 15 is 0 Å². The van der Waals surface area contributed by atoms with Crippen molar-refractivity contribution in [3.05, 3.63) is 47.3 Å². The van der Waals surface area contributed by atoms with E-state index in [0.29, 0.717) is 6.42 Å². The van der Waals surface area contributed by atoms with Gasteiger partial charge in [0.2, 0.25) is 0 Å². The zero-order valence-electron chi connectivity index (χ0n) is 9.27. The summed E-state index contributed by atoms with van der Waals surface area (Å²) in [6.07, 6.45) is 1.47. The Bertz CT molecular complexity index is 471. The van der Waals surface area contributed by atoms with Gasteiger partial charge in [-0.25, -0.2) is 0 Å². The van der Waals surface area contributed by atoms with Crippen LogP contribution in [0, 0.1) is 0 Å². The maximum absolute atomic E-state index is 10.9. The fourth-order valence-corrected chi connectivity index (χ4v) is 2.37. The lowest BCUT2D eigenvalue weighted by Crippen LogP contribution is -1.93. The van der Waals surface area contributed by atoms with E-state index < -0.39 is 0 Å². The largest absolute Gasteiger partial charge is 0.300 e. The van der Waals surface area contributed by atoms with E-state index in [-0.39, 0.29) is 5.78 Å². The maximum Gasteiger partial charge on any atom is 0.130 e. The Balaban J connectivity index is 2.17. The molecule has 2 rings (SSSR count). The van der Waals surface area contributed by atoms with Gasteiger partial charge < -0.3 is 4.79 Å². The molecule has 2 heteroatoms. The number of benzene rings is 1. The zero-order valence-corrected chi connectivity index (χ0v) is 10.1. The van der Waals surface area contributed by atoms with Crippen molar-refractivity contribution in [2.24, 2.45) is 0 Å². The summed E-state index contributed by atoms with van der Waals surface area (Å²) in [4.78, 5) is 12.2. The first-order chi connectivity index (χ1) is 7.75. The monoisotopic (exact) mass is 230 g/mol. The number of Topliss-reactive ketones (excluding diaryl/α,β-unsaturated/α-hetero) is 1. The first-order valence-electron chi connectivity index (χ1n) is 5.38. The van der Waals surface area contributed by atoms with Crippen LogP contribution in [0.15, 0.2) is 41.8 Å². The molecule has 0 N–H and O–H groups in total. The summed E-state index contributed by atoms with van der Waals surface area (Å²) in [5, 5.41) is 2.08. The quantitative estimate of drug-likeness (QED) is 0.777. The molecule has 82 valence electrons. The second kappa shape index (κ2) is 5.08. The number of hydrogen-bond donors (Lipinski definition) is 0. The number of ketones is 1. The minimum Gasteiger partial charge on any atom is -0.300 e. The smallest absolute Gasteiger partial charge is 0.130 e. The Hall–Kier alpha value is -1.41. The molecular weight excluding hydrogens is 216 g/mol. The van der Waals surface area contributed by atoms with Crippen LogP contribution in [0.5, 0.6) is 0 Å². The highest BCUT2D eigenvalue weighted by Crippen LogP contribution is 2.25. The Morgan fingerprint density at radius 3 is 2.81 bits per heavy atom. The minimum atomic E-state index is 0.251. The van der Waals surface area contributed by atoms with E-state index in [2.05, 4.69) is 41.8 Å². The molecule has 1 nitrogen and oxygen atoms in total. The van der Waals surface area contributed by atoms with Crippen LogP contribution in [0.4, 0.5) is 0 Å². The number of carbonyl (C=O) groups excluding carboxylic acids is 1. The summed E-state index contributed by atoms with van der Waals surface area (Å²) in [6, 6.07) is 12.6. The molecule has 2 aromatic rings. The van der Waals surface area contributed by atoms with Gasteiger partial charge in [-0.15, -0.1) is 11.3 Å². The van der Waals surface area contributed by atoms with Gasteiger partial charge in [0.15, 0.2) is 0 Å². The summed E-state index contributed by atoms with van der Waals surface area (Å²) >= 11 is 1.74. The van der Waals surface area contributed by atoms with E-state index in [1.807, 2.05) is 0 Å². The van der Waals surface area contributed by atoms with Crippen LogP contribution in [0.2, 0.25) is 0 Å². The van der Waals surface area contributed by atoms with E-state index in [4.69, 9.17) is 0 Å². The molecule has 0 amide bonds. The van der Waals surface area contributed by atoms with Gasteiger partial charge in [0.25, 0.3) is 0 Å². The molecule has 0 radical (unpaired) electrons. The summed E-state index contributed by atoms with van der Waals surface area (Å²) in [6.45, 7) is 1.64. The standard InChI is InChI=1S/C14H14OS/c1-11(15)7-8-12-4-2-5-13(10-12)14-6-3-9-16-14/h2-6,9-10H,7-8H2,1H3. The molecule has 0 aliphatic heterocycles. The van der Waals surface area contributed by atoms with Crippen LogP contribution in [-0.4, -0.2) is 5.78 Å². The summed E-state index contributed by atoms with van der Waals surface area (Å²) in [7, 11) is 0. The topological polar surface area (TPSA) is 17.1 Å². The number of hydrogen-bond acceptors (Lipinski definition) is 2. The average Bonchev–Trinajstić information content (AvgIpc) is 2.80. The van der Waals surface area contributed by atoms with Gasteiger partial charge in [0.05, 0.1) is 0 Å². The lowest BCUT2D eigenvalue weighted by molar-refractivity contribution is -0.116. The highest BCUT2D eigenvalue weighted by Gasteiger charge is 2.01. The molecule has 0 fully saturated rings. The highest BCUT2D eigenvalue weighted by molar-refractivity contribution is 7.13. The fraction of sp³-hybridized carbons (Fsp3) is 0.214. The van der Waals surface area contributed by atoms with Crippen molar-refractivity contribution >= 4 is 17.1 Å². The summed E-state index contributed by atoms with van der Waals surface area (Å²) < 4.78 is 0. The van der Waals surface area contributed by atoms with E-state index in [0.717, 1.165) is 6.42 Å². The van der Waals surface area contributed by atoms with Crippen LogP contribution in [0.3, 0.4) is 0 Å². The SMILES string of the molecule is CC(=O)CCc1cccc(-c2cccs2)c1. The second-order valence-corrected chi connectivity index (χ2v) is 4.83. The molecule has 1 aromatic heterocycles. The summed E-state index contributed by atoms with van der Waals surface area (Å²) in [5.74, 6) is 0.251. The maximum atomic E-state index is 10.9. The number of aryl methyl sites for hydroxylation is 1. The van der Waals surface area contributed by atoms with Crippen molar-refractivity contribution < 1.29 is 4.79 Å². The lowest BCUT2D eigenvalue weighted by Gasteiger charge is -2.02. The molecule has 0 aliphatic carbocycles.